The third kappa shape index (κ3) is 9.81. The van der Waals surface area contributed by atoms with Gasteiger partial charge in [-0.2, -0.15) is 10.1 Å². The van der Waals surface area contributed by atoms with Crippen LogP contribution >= 0.6 is 0 Å². The minimum atomic E-state index is -0.382. The van der Waals surface area contributed by atoms with E-state index in [0.29, 0.717) is 31.2 Å². The van der Waals surface area contributed by atoms with Gasteiger partial charge in [0, 0.05) is 78.6 Å². The van der Waals surface area contributed by atoms with Crippen molar-refractivity contribution in [2.45, 2.75) is 77.7 Å². The Labute approximate surface area is 355 Å². The summed E-state index contributed by atoms with van der Waals surface area (Å²) < 4.78 is 5.27. The van der Waals surface area contributed by atoms with Crippen molar-refractivity contribution < 1.29 is 18.9 Å². The van der Waals surface area contributed by atoms with E-state index in [4.69, 9.17) is 4.52 Å². The average molecular weight is 823 g/mol. The minimum absolute atomic E-state index is 0.0243. The van der Waals surface area contributed by atoms with Gasteiger partial charge in [0.2, 0.25) is 17.7 Å². The maximum atomic E-state index is 12.7. The van der Waals surface area contributed by atoms with Crippen LogP contribution in [0.4, 0.5) is 11.4 Å². The third-order valence-corrected chi connectivity index (χ3v) is 11.8. The number of anilines is 2. The second kappa shape index (κ2) is 18.1. The van der Waals surface area contributed by atoms with E-state index in [1.54, 1.807) is 0 Å². The summed E-state index contributed by atoms with van der Waals surface area (Å²) in [5.41, 5.74) is 9.47. The van der Waals surface area contributed by atoms with Gasteiger partial charge in [-0.05, 0) is 104 Å². The van der Waals surface area contributed by atoms with Crippen LogP contribution in [0.3, 0.4) is 0 Å². The van der Waals surface area contributed by atoms with Crippen molar-refractivity contribution in [2.75, 3.05) is 42.9 Å². The number of nitrogens with zero attached hydrogens (tertiary/aromatic N) is 5. The molecule has 61 heavy (non-hydrogen) atoms. The van der Waals surface area contributed by atoms with Crippen molar-refractivity contribution in [3.8, 4) is 22.4 Å². The zero-order valence-corrected chi connectivity index (χ0v) is 35.3. The molecule has 0 spiro atoms. The third-order valence-electron chi connectivity index (χ3n) is 11.8. The van der Waals surface area contributed by atoms with E-state index < -0.39 is 0 Å². The summed E-state index contributed by atoms with van der Waals surface area (Å²) in [7, 11) is 0. The molecule has 316 valence electrons. The Morgan fingerprint density at radius 1 is 0.902 bits per heavy atom. The van der Waals surface area contributed by atoms with E-state index in [2.05, 4.69) is 100 Å². The van der Waals surface area contributed by atoms with Crippen molar-refractivity contribution in [3.05, 3.63) is 107 Å². The molecule has 14 heteroatoms. The molecule has 0 aliphatic carbocycles. The second-order valence-corrected chi connectivity index (χ2v) is 17.3. The van der Waals surface area contributed by atoms with Gasteiger partial charge >= 0.3 is 0 Å². The number of aryl methyl sites for hydroxylation is 1. The Morgan fingerprint density at radius 2 is 1.67 bits per heavy atom. The molecule has 3 amide bonds. The minimum Gasteiger partial charge on any atom is -0.384 e. The molecule has 5 N–H and O–H groups in total. The quantitative estimate of drug-likeness (QED) is 0.0561. The SMILES string of the molecule is Cc1cc(-c2n[nH]c3ncc(-c4ccc(NCCNCCC5CCN(c6ccc([C@@H]7CCC(=O)NC7=O)cc6)CC5)cc4)cc23)ccc1CNC(=O)c1noc(C(C)(C)C)n1. The molecule has 0 unspecified atom stereocenters. The van der Waals surface area contributed by atoms with Gasteiger partial charge in [-0.25, -0.2) is 4.98 Å². The molecule has 0 saturated carbocycles. The number of piperidine rings is 2. The highest BCUT2D eigenvalue weighted by Gasteiger charge is 2.28. The normalized spacial score (nSPS) is 16.2. The summed E-state index contributed by atoms with van der Waals surface area (Å²) in [4.78, 5) is 47.9. The zero-order chi connectivity index (χ0) is 42.5. The molecule has 0 bridgehead atoms. The van der Waals surface area contributed by atoms with Crippen molar-refractivity contribution in [3.63, 3.8) is 0 Å². The lowest BCUT2D eigenvalue weighted by atomic mass is 9.90. The lowest BCUT2D eigenvalue weighted by Crippen LogP contribution is -2.39. The van der Waals surface area contributed by atoms with Crippen LogP contribution in [0.5, 0.6) is 0 Å². The molecule has 1 atom stereocenters. The van der Waals surface area contributed by atoms with Crippen LogP contribution in [-0.2, 0) is 21.5 Å². The summed E-state index contributed by atoms with van der Waals surface area (Å²) in [5.74, 6) is 0.167. The Morgan fingerprint density at radius 3 is 2.39 bits per heavy atom. The fourth-order valence-electron chi connectivity index (χ4n) is 8.11. The van der Waals surface area contributed by atoms with Gasteiger partial charge in [0.15, 0.2) is 5.65 Å². The molecule has 5 heterocycles. The smallest absolute Gasteiger partial charge is 0.292 e. The average Bonchev–Trinajstić information content (AvgIpc) is 3.94. The topological polar surface area (TPSA) is 183 Å². The van der Waals surface area contributed by atoms with Crippen LogP contribution < -0.4 is 26.2 Å². The fraction of sp³-hybridized carbons (Fsp3) is 0.383. The first-order chi connectivity index (χ1) is 29.5. The van der Waals surface area contributed by atoms with Gasteiger partial charge in [-0.1, -0.05) is 62.3 Å². The predicted octanol–water partition coefficient (Wildman–Crippen LogP) is 7.04. The number of carbonyl (C=O) groups excluding carboxylic acids is 3. The summed E-state index contributed by atoms with van der Waals surface area (Å²) in [5, 5.41) is 25.0. The monoisotopic (exact) mass is 822 g/mol. The number of fused-ring (bicyclic) bond motifs is 1. The van der Waals surface area contributed by atoms with Gasteiger partial charge in [0.25, 0.3) is 11.7 Å². The first-order valence-corrected chi connectivity index (χ1v) is 21.3. The van der Waals surface area contributed by atoms with Crippen molar-refractivity contribution in [2.24, 2.45) is 5.92 Å². The molecule has 0 radical (unpaired) electrons. The highest BCUT2D eigenvalue weighted by atomic mass is 16.5. The number of aromatic nitrogens is 5. The van der Waals surface area contributed by atoms with Crippen molar-refractivity contribution in [1.82, 2.24) is 41.3 Å². The van der Waals surface area contributed by atoms with Crippen LogP contribution in [0.2, 0.25) is 0 Å². The van der Waals surface area contributed by atoms with E-state index in [1.165, 1.54) is 24.9 Å². The summed E-state index contributed by atoms with van der Waals surface area (Å²) in [6, 6.07) is 25.0. The van der Waals surface area contributed by atoms with Crippen LogP contribution in [0.1, 0.15) is 92.0 Å². The Bertz CT molecular complexity index is 2500. The van der Waals surface area contributed by atoms with Crippen LogP contribution in [0, 0.1) is 12.8 Å². The number of hydrogen-bond acceptors (Lipinski definition) is 11. The molecular formula is C47H54N10O4. The van der Waals surface area contributed by atoms with Crippen molar-refractivity contribution in [1.29, 1.82) is 0 Å². The Kier molecular flexibility index (Phi) is 12.2. The lowest BCUT2D eigenvalue weighted by molar-refractivity contribution is -0.134. The van der Waals surface area contributed by atoms with Gasteiger partial charge in [0.1, 0.15) is 5.69 Å². The molecule has 2 fully saturated rings. The number of hydrogen-bond donors (Lipinski definition) is 5. The van der Waals surface area contributed by atoms with Gasteiger partial charge < -0.3 is 25.4 Å². The predicted molar refractivity (Wildman–Crippen MR) is 236 cm³/mol. The number of H-pyrrole nitrogens is 1. The van der Waals surface area contributed by atoms with Gasteiger partial charge in [-0.3, -0.25) is 24.8 Å². The summed E-state index contributed by atoms with van der Waals surface area (Å²) in [6.45, 7) is 13.0. The van der Waals surface area contributed by atoms with E-state index in [1.807, 2.05) is 58.2 Å². The number of nitrogens with one attached hydrogen (secondary N) is 5. The molecule has 8 rings (SSSR count). The second-order valence-electron chi connectivity index (χ2n) is 17.3. The molecule has 6 aromatic rings. The Hall–Kier alpha value is -6.41. The number of imide groups is 1. The molecule has 14 nitrogen and oxygen atoms in total. The number of carbonyl (C=O) groups is 3. The lowest BCUT2D eigenvalue weighted by Gasteiger charge is -2.34. The molecular weight excluding hydrogens is 769 g/mol. The fourth-order valence-corrected chi connectivity index (χ4v) is 8.11. The van der Waals surface area contributed by atoms with Crippen molar-refractivity contribution >= 4 is 40.1 Å². The Balaban J connectivity index is 0.766. The maximum Gasteiger partial charge on any atom is 0.292 e. The van der Waals surface area contributed by atoms with E-state index in [0.717, 1.165) is 88.5 Å². The first kappa shape index (κ1) is 41.3. The highest BCUT2D eigenvalue weighted by Crippen LogP contribution is 2.32. The molecule has 2 aliphatic heterocycles. The van der Waals surface area contributed by atoms with Crippen LogP contribution in [-0.4, -0.2) is 75.8 Å². The molecule has 2 aliphatic rings. The number of benzene rings is 3. The van der Waals surface area contributed by atoms with Gasteiger partial charge in [0.05, 0.1) is 5.92 Å². The number of amides is 3. The van der Waals surface area contributed by atoms with Crippen LogP contribution in [0.25, 0.3) is 33.4 Å². The molecule has 3 aromatic carbocycles. The highest BCUT2D eigenvalue weighted by molar-refractivity contribution is 6.01. The number of pyridine rings is 1. The molecule has 3 aromatic heterocycles. The van der Waals surface area contributed by atoms with E-state index >= 15 is 0 Å². The standard InChI is InChI=1S/C47H54N10O4/c1-29-25-33(5-6-34(29)27-51-45(60)43-53-46(61-56-43)47(2,3)4)41-39-26-35(28-50-42(39)55-54-41)31-7-11-36(12-8-31)49-22-21-48-20-17-30-18-23-57(24-19-30)37-13-9-32(10-14-37)38-15-16-40(58)52-44(38)59/h5-14,25-26,28,30,38,48-49H,15-24,27H2,1-4H3,(H,51,60)(H,50,54,55)(H,52,58,59)/t38-/m0/s1. The largest absolute Gasteiger partial charge is 0.384 e. The molecule has 2 saturated heterocycles. The van der Waals surface area contributed by atoms with E-state index in [-0.39, 0.29) is 34.9 Å². The first-order valence-electron chi connectivity index (χ1n) is 21.3. The summed E-state index contributed by atoms with van der Waals surface area (Å²) >= 11 is 0. The number of aromatic amines is 1. The summed E-state index contributed by atoms with van der Waals surface area (Å²) in [6.07, 6.45) is 6.35. The van der Waals surface area contributed by atoms with Gasteiger partial charge in [-0.15, -0.1) is 0 Å². The maximum absolute atomic E-state index is 12.7. The number of rotatable bonds is 14. The zero-order valence-electron chi connectivity index (χ0n) is 35.3. The van der Waals surface area contributed by atoms with Crippen LogP contribution in [0.15, 0.2) is 83.5 Å². The van der Waals surface area contributed by atoms with E-state index in [9.17, 15) is 14.4 Å².